The molecule has 0 spiro atoms. The summed E-state index contributed by atoms with van der Waals surface area (Å²) in [5.41, 5.74) is 0. The standard InChI is InChI=1S/C16H25F3N4O/c1-11(2)10-23-7-6-20-14(23)9-21-15(24)22-13-5-3-4-12(8-13)16(17,18)19/h6-7,11-13H,3-5,8-10H2,1-2H3,(H2,21,22,24)/t12-,13+/m1/s1. The number of urea groups is 1. The van der Waals surface area contributed by atoms with E-state index in [2.05, 4.69) is 29.5 Å². The van der Waals surface area contributed by atoms with Crippen LogP contribution in [0.15, 0.2) is 12.4 Å². The Bertz CT molecular complexity index is 542. The van der Waals surface area contributed by atoms with Crippen LogP contribution in [0.5, 0.6) is 0 Å². The van der Waals surface area contributed by atoms with Crippen molar-refractivity contribution in [1.82, 2.24) is 20.2 Å². The molecule has 1 aromatic rings. The number of carbonyl (C=O) groups is 1. The van der Waals surface area contributed by atoms with Gasteiger partial charge in [-0.3, -0.25) is 0 Å². The summed E-state index contributed by atoms with van der Waals surface area (Å²) in [7, 11) is 0. The van der Waals surface area contributed by atoms with E-state index < -0.39 is 24.2 Å². The summed E-state index contributed by atoms with van der Waals surface area (Å²) < 4.78 is 40.3. The molecule has 0 unspecified atom stereocenters. The average Bonchev–Trinajstić information content (AvgIpc) is 2.91. The molecule has 2 rings (SSSR count). The van der Waals surface area contributed by atoms with Crippen molar-refractivity contribution >= 4 is 6.03 Å². The Morgan fingerprint density at radius 1 is 1.42 bits per heavy atom. The van der Waals surface area contributed by atoms with E-state index in [0.29, 0.717) is 18.8 Å². The van der Waals surface area contributed by atoms with Gasteiger partial charge in [0.1, 0.15) is 5.82 Å². The third kappa shape index (κ3) is 5.42. The molecule has 136 valence electrons. The Hall–Kier alpha value is -1.73. The van der Waals surface area contributed by atoms with E-state index in [-0.39, 0.29) is 19.4 Å². The van der Waals surface area contributed by atoms with Gasteiger partial charge >= 0.3 is 12.2 Å². The molecule has 8 heteroatoms. The van der Waals surface area contributed by atoms with Crippen molar-refractivity contribution in [2.45, 2.75) is 64.8 Å². The van der Waals surface area contributed by atoms with Crippen molar-refractivity contribution in [3.8, 4) is 0 Å². The summed E-state index contributed by atoms with van der Waals surface area (Å²) in [5, 5.41) is 5.34. The number of nitrogens with zero attached hydrogens (tertiary/aromatic N) is 2. The van der Waals surface area contributed by atoms with E-state index in [0.717, 1.165) is 12.4 Å². The number of aromatic nitrogens is 2. The first-order chi connectivity index (χ1) is 11.3. The van der Waals surface area contributed by atoms with Crippen LogP contribution >= 0.6 is 0 Å². The maximum Gasteiger partial charge on any atom is 0.391 e. The molecule has 0 saturated heterocycles. The molecule has 1 heterocycles. The Balaban J connectivity index is 1.80. The lowest BCUT2D eigenvalue weighted by molar-refractivity contribution is -0.183. The van der Waals surface area contributed by atoms with Gasteiger partial charge in [0.15, 0.2) is 0 Å². The highest BCUT2D eigenvalue weighted by atomic mass is 19.4. The van der Waals surface area contributed by atoms with E-state index in [1.54, 1.807) is 6.20 Å². The van der Waals surface area contributed by atoms with E-state index >= 15 is 0 Å². The Labute approximate surface area is 140 Å². The van der Waals surface area contributed by atoms with E-state index in [1.807, 2.05) is 10.8 Å². The molecule has 1 aliphatic rings. The normalized spacial score (nSPS) is 21.8. The third-order valence-corrected chi connectivity index (χ3v) is 4.24. The van der Waals surface area contributed by atoms with Crippen LogP contribution in [0.3, 0.4) is 0 Å². The number of nitrogens with one attached hydrogen (secondary N) is 2. The number of alkyl halides is 3. The second-order valence-corrected chi connectivity index (χ2v) is 6.82. The molecule has 1 aromatic heterocycles. The highest BCUT2D eigenvalue weighted by Crippen LogP contribution is 2.37. The van der Waals surface area contributed by atoms with E-state index in [4.69, 9.17) is 0 Å². The summed E-state index contributed by atoms with van der Waals surface area (Å²) in [6.07, 6.45) is 0.513. The summed E-state index contributed by atoms with van der Waals surface area (Å²) in [6, 6.07) is -0.872. The Morgan fingerprint density at radius 3 is 2.83 bits per heavy atom. The molecule has 0 aliphatic heterocycles. The SMILES string of the molecule is CC(C)Cn1ccnc1CNC(=O)N[C@H]1CCC[C@@H](C(F)(F)F)C1. The van der Waals surface area contributed by atoms with Crippen LogP contribution in [0.4, 0.5) is 18.0 Å². The minimum Gasteiger partial charge on any atom is -0.335 e. The topological polar surface area (TPSA) is 59.0 Å². The first-order valence-corrected chi connectivity index (χ1v) is 8.36. The average molecular weight is 346 g/mol. The lowest BCUT2D eigenvalue weighted by Gasteiger charge is -2.31. The van der Waals surface area contributed by atoms with Crippen LogP contribution < -0.4 is 10.6 Å². The largest absolute Gasteiger partial charge is 0.391 e. The summed E-state index contributed by atoms with van der Waals surface area (Å²) in [6.45, 7) is 5.23. The van der Waals surface area contributed by atoms with Gasteiger partial charge in [0.2, 0.25) is 0 Å². The second kappa shape index (κ2) is 7.90. The van der Waals surface area contributed by atoms with Crippen LogP contribution in [-0.4, -0.2) is 27.8 Å². The van der Waals surface area contributed by atoms with Gasteiger partial charge in [-0.1, -0.05) is 20.3 Å². The Kier molecular flexibility index (Phi) is 6.12. The number of hydrogen-bond donors (Lipinski definition) is 2. The molecule has 1 fully saturated rings. The van der Waals surface area contributed by atoms with Gasteiger partial charge in [-0.15, -0.1) is 0 Å². The molecule has 2 amide bonds. The van der Waals surface area contributed by atoms with Gasteiger partial charge in [0, 0.05) is 25.0 Å². The fourth-order valence-electron chi connectivity index (χ4n) is 3.08. The van der Waals surface area contributed by atoms with Crippen molar-refractivity contribution in [2.75, 3.05) is 0 Å². The quantitative estimate of drug-likeness (QED) is 0.858. The molecular formula is C16H25F3N4O. The fourth-order valence-corrected chi connectivity index (χ4v) is 3.08. The maximum atomic E-state index is 12.8. The van der Waals surface area contributed by atoms with Crippen molar-refractivity contribution in [1.29, 1.82) is 0 Å². The molecule has 1 saturated carbocycles. The predicted molar refractivity (Wildman–Crippen MR) is 84.2 cm³/mol. The third-order valence-electron chi connectivity index (χ3n) is 4.24. The van der Waals surface area contributed by atoms with Gasteiger partial charge in [-0.2, -0.15) is 13.2 Å². The minimum atomic E-state index is -4.18. The predicted octanol–water partition coefficient (Wildman–Crippen LogP) is 3.46. The highest BCUT2D eigenvalue weighted by Gasteiger charge is 2.42. The number of imidazole rings is 1. The molecule has 5 nitrogen and oxygen atoms in total. The molecule has 2 N–H and O–H groups in total. The smallest absolute Gasteiger partial charge is 0.335 e. The summed E-state index contributed by atoms with van der Waals surface area (Å²) in [5.74, 6) is -0.134. The van der Waals surface area contributed by atoms with Crippen LogP contribution in [0.1, 0.15) is 45.4 Å². The molecule has 2 atom stereocenters. The highest BCUT2D eigenvalue weighted by molar-refractivity contribution is 5.74. The molecular weight excluding hydrogens is 321 g/mol. The fraction of sp³-hybridized carbons (Fsp3) is 0.750. The van der Waals surface area contributed by atoms with Gasteiger partial charge < -0.3 is 15.2 Å². The maximum absolute atomic E-state index is 12.8. The van der Waals surface area contributed by atoms with Gasteiger partial charge in [-0.25, -0.2) is 9.78 Å². The zero-order valence-corrected chi connectivity index (χ0v) is 14.1. The number of carbonyl (C=O) groups excluding carboxylic acids is 1. The van der Waals surface area contributed by atoms with Crippen LogP contribution in [-0.2, 0) is 13.1 Å². The van der Waals surface area contributed by atoms with E-state index in [1.165, 1.54) is 0 Å². The molecule has 0 aromatic carbocycles. The first-order valence-electron chi connectivity index (χ1n) is 8.36. The first kappa shape index (κ1) is 18.6. The van der Waals surface area contributed by atoms with Crippen molar-refractivity contribution in [3.63, 3.8) is 0 Å². The second-order valence-electron chi connectivity index (χ2n) is 6.82. The number of hydrogen-bond acceptors (Lipinski definition) is 2. The summed E-state index contributed by atoms with van der Waals surface area (Å²) in [4.78, 5) is 16.2. The zero-order valence-electron chi connectivity index (χ0n) is 14.1. The molecule has 24 heavy (non-hydrogen) atoms. The minimum absolute atomic E-state index is 0.0428. The lowest BCUT2D eigenvalue weighted by atomic mass is 9.85. The van der Waals surface area contributed by atoms with Gasteiger partial charge in [0.05, 0.1) is 12.5 Å². The van der Waals surface area contributed by atoms with Crippen LogP contribution in [0.25, 0.3) is 0 Å². The van der Waals surface area contributed by atoms with Crippen molar-refractivity contribution in [2.24, 2.45) is 11.8 Å². The molecule has 0 bridgehead atoms. The number of amides is 2. The van der Waals surface area contributed by atoms with Gasteiger partial charge in [0.25, 0.3) is 0 Å². The van der Waals surface area contributed by atoms with Crippen LogP contribution in [0, 0.1) is 11.8 Å². The Morgan fingerprint density at radius 2 is 2.17 bits per heavy atom. The van der Waals surface area contributed by atoms with E-state index in [9.17, 15) is 18.0 Å². The molecule has 1 aliphatic carbocycles. The monoisotopic (exact) mass is 346 g/mol. The number of halogens is 3. The summed E-state index contributed by atoms with van der Waals surface area (Å²) >= 11 is 0. The van der Waals surface area contributed by atoms with Crippen LogP contribution in [0.2, 0.25) is 0 Å². The van der Waals surface area contributed by atoms with Gasteiger partial charge in [-0.05, 0) is 25.2 Å². The lowest BCUT2D eigenvalue weighted by Crippen LogP contribution is -2.45. The van der Waals surface area contributed by atoms with Crippen molar-refractivity contribution < 1.29 is 18.0 Å². The van der Waals surface area contributed by atoms with Crippen molar-refractivity contribution in [3.05, 3.63) is 18.2 Å². The number of rotatable bonds is 5. The zero-order chi connectivity index (χ0) is 17.7. The molecule has 0 radical (unpaired) electrons.